The van der Waals surface area contributed by atoms with E-state index in [4.69, 9.17) is 0 Å². The Kier molecular flexibility index (Phi) is 6.71. The van der Waals surface area contributed by atoms with E-state index in [2.05, 4.69) is 15.6 Å². The van der Waals surface area contributed by atoms with Gasteiger partial charge in [0.2, 0.25) is 5.91 Å². The maximum atomic E-state index is 11.9. The molecule has 0 saturated heterocycles. The Hall–Kier alpha value is -2.95. The van der Waals surface area contributed by atoms with Crippen molar-refractivity contribution in [3.05, 3.63) is 71.6 Å². The van der Waals surface area contributed by atoms with Crippen LogP contribution in [0.1, 0.15) is 28.0 Å². The van der Waals surface area contributed by atoms with Crippen molar-refractivity contribution < 1.29 is 9.59 Å². The molecule has 0 bridgehead atoms. The van der Waals surface area contributed by atoms with Crippen molar-refractivity contribution in [2.24, 2.45) is 0 Å². The topological polar surface area (TPSA) is 71.1 Å². The summed E-state index contributed by atoms with van der Waals surface area (Å²) in [4.78, 5) is 27.6. The minimum atomic E-state index is -0.155. The van der Waals surface area contributed by atoms with Crippen LogP contribution in [0.2, 0.25) is 0 Å². The number of nitrogens with one attached hydrogen (secondary N) is 2. The molecule has 0 unspecified atom stereocenters. The fraction of sp³-hybridized carbons (Fsp3) is 0.211. The van der Waals surface area contributed by atoms with Gasteiger partial charge in [0.1, 0.15) is 0 Å². The first-order valence-electron chi connectivity index (χ1n) is 7.87. The number of aromatic nitrogens is 1. The van der Waals surface area contributed by atoms with Gasteiger partial charge in [0.25, 0.3) is 5.91 Å². The molecule has 1 heterocycles. The fourth-order valence-electron chi connectivity index (χ4n) is 2.00. The number of nitrogens with zero attached hydrogens (tertiary/aromatic N) is 1. The second kappa shape index (κ2) is 9.25. The number of amides is 2. The van der Waals surface area contributed by atoms with Gasteiger partial charge in [0, 0.05) is 31.1 Å². The molecule has 5 heteroatoms. The minimum absolute atomic E-state index is 0.145. The SMILES string of the molecule is Cc1ccc(C(=O)NCCCNC(=O)/C=C/c2ccccc2)cn1. The predicted octanol–water partition coefficient (Wildman–Crippen LogP) is 2.34. The van der Waals surface area contributed by atoms with Crippen LogP contribution in [0.4, 0.5) is 0 Å². The first kappa shape index (κ1) is 17.4. The van der Waals surface area contributed by atoms with Crippen LogP contribution in [0, 0.1) is 6.92 Å². The standard InChI is InChI=1S/C19H21N3O2/c1-15-8-10-17(14-22-15)19(24)21-13-5-12-20-18(23)11-9-16-6-3-2-4-7-16/h2-4,6-11,14H,5,12-13H2,1H3,(H,20,23)(H,21,24)/b11-9+. The van der Waals surface area contributed by atoms with Crippen molar-refractivity contribution in [1.82, 2.24) is 15.6 Å². The van der Waals surface area contributed by atoms with Gasteiger partial charge in [-0.3, -0.25) is 14.6 Å². The van der Waals surface area contributed by atoms with Gasteiger partial charge < -0.3 is 10.6 Å². The lowest BCUT2D eigenvalue weighted by Gasteiger charge is -2.05. The molecule has 24 heavy (non-hydrogen) atoms. The lowest BCUT2D eigenvalue weighted by Crippen LogP contribution is -2.29. The Morgan fingerprint density at radius 1 is 1.04 bits per heavy atom. The number of benzene rings is 1. The highest BCUT2D eigenvalue weighted by Gasteiger charge is 2.04. The molecule has 0 saturated carbocycles. The molecule has 5 nitrogen and oxygen atoms in total. The van der Waals surface area contributed by atoms with Gasteiger partial charge >= 0.3 is 0 Å². The van der Waals surface area contributed by atoms with Crippen molar-refractivity contribution in [2.75, 3.05) is 13.1 Å². The van der Waals surface area contributed by atoms with E-state index in [9.17, 15) is 9.59 Å². The third-order valence-corrected chi connectivity index (χ3v) is 3.34. The quantitative estimate of drug-likeness (QED) is 0.607. The monoisotopic (exact) mass is 323 g/mol. The highest BCUT2D eigenvalue weighted by molar-refractivity contribution is 5.93. The summed E-state index contributed by atoms with van der Waals surface area (Å²) in [5, 5.41) is 5.59. The summed E-state index contributed by atoms with van der Waals surface area (Å²) in [7, 11) is 0. The molecule has 0 radical (unpaired) electrons. The molecule has 0 aliphatic carbocycles. The van der Waals surface area contributed by atoms with Crippen LogP contribution in [0.25, 0.3) is 6.08 Å². The number of carbonyl (C=O) groups excluding carboxylic acids is 2. The van der Waals surface area contributed by atoms with Gasteiger partial charge in [-0.25, -0.2) is 0 Å². The van der Waals surface area contributed by atoms with Crippen molar-refractivity contribution in [2.45, 2.75) is 13.3 Å². The van der Waals surface area contributed by atoms with Crippen LogP contribution in [-0.2, 0) is 4.79 Å². The molecule has 0 atom stereocenters. The summed E-state index contributed by atoms with van der Waals surface area (Å²) >= 11 is 0. The van der Waals surface area contributed by atoms with E-state index < -0.39 is 0 Å². The van der Waals surface area contributed by atoms with Crippen LogP contribution in [0.15, 0.2) is 54.7 Å². The molecule has 2 amide bonds. The minimum Gasteiger partial charge on any atom is -0.352 e. The molecular formula is C19H21N3O2. The second-order valence-electron chi connectivity index (χ2n) is 5.33. The molecule has 1 aromatic heterocycles. The Bertz CT molecular complexity index is 694. The first-order valence-corrected chi connectivity index (χ1v) is 7.87. The Balaban J connectivity index is 1.62. The zero-order chi connectivity index (χ0) is 17.2. The fourth-order valence-corrected chi connectivity index (χ4v) is 2.00. The molecule has 0 fully saturated rings. The van der Waals surface area contributed by atoms with E-state index in [0.717, 1.165) is 11.3 Å². The summed E-state index contributed by atoms with van der Waals surface area (Å²) in [6.45, 7) is 2.87. The average Bonchev–Trinajstić information content (AvgIpc) is 2.61. The lowest BCUT2D eigenvalue weighted by molar-refractivity contribution is -0.116. The van der Waals surface area contributed by atoms with Gasteiger partial charge in [-0.1, -0.05) is 30.3 Å². The number of carbonyl (C=O) groups is 2. The van der Waals surface area contributed by atoms with Crippen LogP contribution >= 0.6 is 0 Å². The summed E-state index contributed by atoms with van der Waals surface area (Å²) in [6, 6.07) is 13.2. The zero-order valence-electron chi connectivity index (χ0n) is 13.7. The molecule has 0 aliphatic rings. The molecule has 2 rings (SSSR count). The van der Waals surface area contributed by atoms with Gasteiger partial charge in [-0.15, -0.1) is 0 Å². The Morgan fingerprint density at radius 3 is 2.50 bits per heavy atom. The van der Waals surface area contributed by atoms with Crippen molar-refractivity contribution in [1.29, 1.82) is 0 Å². The number of pyridine rings is 1. The van der Waals surface area contributed by atoms with Crippen molar-refractivity contribution >= 4 is 17.9 Å². The van der Waals surface area contributed by atoms with Crippen LogP contribution in [0.5, 0.6) is 0 Å². The van der Waals surface area contributed by atoms with Crippen molar-refractivity contribution in [3.8, 4) is 0 Å². The average molecular weight is 323 g/mol. The summed E-state index contributed by atoms with van der Waals surface area (Å²) < 4.78 is 0. The van der Waals surface area contributed by atoms with Gasteiger partial charge in [-0.2, -0.15) is 0 Å². The van der Waals surface area contributed by atoms with Crippen LogP contribution < -0.4 is 10.6 Å². The van der Waals surface area contributed by atoms with E-state index in [1.165, 1.54) is 6.08 Å². The van der Waals surface area contributed by atoms with Crippen LogP contribution in [-0.4, -0.2) is 29.9 Å². The maximum absolute atomic E-state index is 11.9. The third kappa shape index (κ3) is 6.04. The zero-order valence-corrected chi connectivity index (χ0v) is 13.7. The first-order chi connectivity index (χ1) is 11.6. The Morgan fingerprint density at radius 2 is 1.79 bits per heavy atom. The molecule has 124 valence electrons. The van der Waals surface area contributed by atoms with E-state index >= 15 is 0 Å². The van der Waals surface area contributed by atoms with Gasteiger partial charge in [0.05, 0.1) is 5.56 Å². The number of hydrogen-bond acceptors (Lipinski definition) is 3. The molecule has 2 N–H and O–H groups in total. The summed E-state index contributed by atoms with van der Waals surface area (Å²) in [5.74, 6) is -0.300. The normalized spacial score (nSPS) is 10.5. The van der Waals surface area contributed by atoms with Gasteiger partial charge in [-0.05, 0) is 37.1 Å². The van der Waals surface area contributed by atoms with Crippen LogP contribution in [0.3, 0.4) is 0 Å². The predicted molar refractivity (Wildman–Crippen MR) is 94.4 cm³/mol. The largest absolute Gasteiger partial charge is 0.352 e. The molecule has 0 aliphatic heterocycles. The maximum Gasteiger partial charge on any atom is 0.252 e. The number of rotatable bonds is 7. The summed E-state index contributed by atoms with van der Waals surface area (Å²) in [6.07, 6.45) is 5.49. The third-order valence-electron chi connectivity index (χ3n) is 3.34. The second-order valence-corrected chi connectivity index (χ2v) is 5.33. The van der Waals surface area contributed by atoms with Gasteiger partial charge in [0.15, 0.2) is 0 Å². The van der Waals surface area contributed by atoms with E-state index in [1.807, 2.05) is 37.3 Å². The number of hydrogen-bond donors (Lipinski definition) is 2. The van der Waals surface area contributed by atoms with Crippen molar-refractivity contribution in [3.63, 3.8) is 0 Å². The highest BCUT2D eigenvalue weighted by atomic mass is 16.2. The molecule has 0 spiro atoms. The van der Waals surface area contributed by atoms with E-state index in [0.29, 0.717) is 25.1 Å². The van der Waals surface area contributed by atoms with E-state index in [-0.39, 0.29) is 11.8 Å². The molecule has 2 aromatic rings. The Labute approximate surface area is 141 Å². The lowest BCUT2D eigenvalue weighted by atomic mass is 10.2. The smallest absolute Gasteiger partial charge is 0.252 e. The highest BCUT2D eigenvalue weighted by Crippen LogP contribution is 2.00. The van der Waals surface area contributed by atoms with E-state index in [1.54, 1.807) is 24.4 Å². The molecule has 1 aromatic carbocycles. The molecular weight excluding hydrogens is 302 g/mol. The number of aryl methyl sites for hydroxylation is 1. The summed E-state index contributed by atoms with van der Waals surface area (Å²) in [5.41, 5.74) is 2.39.